The zero-order valence-corrected chi connectivity index (χ0v) is 20.8. The van der Waals surface area contributed by atoms with Crippen molar-refractivity contribution in [3.8, 4) is 5.75 Å². The summed E-state index contributed by atoms with van der Waals surface area (Å²) in [5.41, 5.74) is 3.85. The highest BCUT2D eigenvalue weighted by molar-refractivity contribution is 5.76. The molecule has 0 aromatic heterocycles. The van der Waals surface area contributed by atoms with Crippen molar-refractivity contribution >= 4 is 12.0 Å². The van der Waals surface area contributed by atoms with E-state index in [0.717, 1.165) is 38.9 Å². The van der Waals surface area contributed by atoms with Crippen LogP contribution in [0.25, 0.3) is 0 Å². The zero-order valence-electron chi connectivity index (χ0n) is 20.8. The molecule has 7 nitrogen and oxygen atoms in total. The lowest BCUT2D eigenvalue weighted by molar-refractivity contribution is -0.142. The van der Waals surface area contributed by atoms with Gasteiger partial charge in [0, 0.05) is 39.1 Å². The van der Waals surface area contributed by atoms with Gasteiger partial charge in [-0.3, -0.25) is 10.2 Å². The van der Waals surface area contributed by atoms with Gasteiger partial charge in [0.25, 0.3) is 0 Å². The Morgan fingerprint density at radius 1 is 1.06 bits per heavy atom. The number of rotatable bonds is 3. The van der Waals surface area contributed by atoms with E-state index >= 15 is 0 Å². The minimum atomic E-state index is -0.300. The normalized spacial score (nSPS) is 30.8. The van der Waals surface area contributed by atoms with E-state index in [4.69, 9.17) is 4.74 Å². The van der Waals surface area contributed by atoms with E-state index in [1.165, 1.54) is 0 Å². The fraction of sp³-hybridized carbons (Fsp3) is 0.692. The third-order valence-electron chi connectivity index (χ3n) is 7.43. The molecule has 0 spiro atoms. The molecule has 3 fully saturated rings. The van der Waals surface area contributed by atoms with Gasteiger partial charge >= 0.3 is 6.09 Å². The third-order valence-corrected chi connectivity index (χ3v) is 7.43. The number of hydrogen-bond acceptors (Lipinski definition) is 5. The summed E-state index contributed by atoms with van der Waals surface area (Å²) in [6.07, 6.45) is 2.64. The molecule has 1 N–H and O–H groups in total. The van der Waals surface area contributed by atoms with Crippen LogP contribution in [0.4, 0.5) is 4.79 Å². The lowest BCUT2D eigenvalue weighted by Crippen LogP contribution is -2.67. The third kappa shape index (κ3) is 5.52. The Bertz CT molecular complexity index is 840. The van der Waals surface area contributed by atoms with Gasteiger partial charge in [-0.15, -0.1) is 0 Å². The quantitative estimate of drug-likeness (QED) is 0.750. The number of carbonyl (C=O) groups is 2. The average molecular weight is 457 g/mol. The van der Waals surface area contributed by atoms with Gasteiger partial charge in [-0.2, -0.15) is 0 Å². The molecule has 2 amide bonds. The van der Waals surface area contributed by atoms with Crippen molar-refractivity contribution < 1.29 is 14.3 Å². The summed E-state index contributed by atoms with van der Waals surface area (Å²) in [6, 6.07) is 9.31. The fourth-order valence-electron chi connectivity index (χ4n) is 6.15. The number of nitrogens with zero attached hydrogens (tertiary/aromatic N) is 3. The first-order valence-electron chi connectivity index (χ1n) is 12.4. The number of amides is 2. The molecule has 5 atom stereocenters. The SMILES string of the molecule is CC(=O)N1C2CCC(C3CNN(CC(C)(C)C)C3)CC2N(C(=O)Oc2ccccc2)C[C@@H]1C. The number of hydrazine groups is 1. The first-order valence-corrected chi connectivity index (χ1v) is 12.4. The summed E-state index contributed by atoms with van der Waals surface area (Å²) in [5, 5.41) is 2.36. The second-order valence-electron chi connectivity index (χ2n) is 11.4. The predicted molar refractivity (Wildman–Crippen MR) is 129 cm³/mol. The molecule has 2 heterocycles. The van der Waals surface area contributed by atoms with Crippen molar-refractivity contribution in [2.45, 2.75) is 72.0 Å². The Labute approximate surface area is 198 Å². The first-order chi connectivity index (χ1) is 15.6. The number of para-hydroxylation sites is 1. The lowest BCUT2D eigenvalue weighted by atomic mass is 9.73. The van der Waals surface area contributed by atoms with E-state index in [1.807, 2.05) is 47.1 Å². The van der Waals surface area contributed by atoms with Gasteiger partial charge in [0.2, 0.25) is 5.91 Å². The molecule has 1 aromatic rings. The van der Waals surface area contributed by atoms with Gasteiger partial charge in [0.15, 0.2) is 0 Å². The maximum absolute atomic E-state index is 13.3. The number of benzene rings is 1. The summed E-state index contributed by atoms with van der Waals surface area (Å²) in [4.78, 5) is 29.7. The van der Waals surface area contributed by atoms with Crippen LogP contribution in [-0.2, 0) is 4.79 Å². The molecule has 2 aliphatic heterocycles. The number of fused-ring (bicyclic) bond motifs is 1. The lowest BCUT2D eigenvalue weighted by Gasteiger charge is -2.54. The van der Waals surface area contributed by atoms with Crippen LogP contribution in [0.3, 0.4) is 0 Å². The van der Waals surface area contributed by atoms with E-state index in [0.29, 0.717) is 24.1 Å². The van der Waals surface area contributed by atoms with Gasteiger partial charge in [0.1, 0.15) is 5.75 Å². The first kappa shape index (κ1) is 24.0. The summed E-state index contributed by atoms with van der Waals surface area (Å²) in [6.45, 7) is 14.1. The Hall–Kier alpha value is -2.12. The van der Waals surface area contributed by atoms with Crippen molar-refractivity contribution in [2.24, 2.45) is 17.3 Å². The molecule has 4 unspecified atom stereocenters. The van der Waals surface area contributed by atoms with E-state index in [2.05, 4.69) is 31.2 Å². The minimum Gasteiger partial charge on any atom is -0.410 e. The average Bonchev–Trinajstić information content (AvgIpc) is 3.20. The van der Waals surface area contributed by atoms with Crippen LogP contribution in [0.1, 0.15) is 53.9 Å². The van der Waals surface area contributed by atoms with Gasteiger partial charge in [-0.25, -0.2) is 9.80 Å². The van der Waals surface area contributed by atoms with Gasteiger partial charge in [-0.05, 0) is 55.6 Å². The molecule has 4 rings (SSSR count). The predicted octanol–water partition coefficient (Wildman–Crippen LogP) is 3.76. The van der Waals surface area contributed by atoms with Crippen LogP contribution in [0, 0.1) is 17.3 Å². The van der Waals surface area contributed by atoms with Crippen LogP contribution >= 0.6 is 0 Å². The molecule has 33 heavy (non-hydrogen) atoms. The van der Waals surface area contributed by atoms with Crippen molar-refractivity contribution in [1.82, 2.24) is 20.2 Å². The number of ether oxygens (including phenoxy) is 1. The minimum absolute atomic E-state index is 0.00303. The summed E-state index contributed by atoms with van der Waals surface area (Å²) >= 11 is 0. The molecule has 3 aliphatic rings. The molecule has 1 aromatic carbocycles. The number of nitrogens with one attached hydrogen (secondary N) is 1. The number of carbonyl (C=O) groups excluding carboxylic acids is 2. The monoisotopic (exact) mass is 456 g/mol. The fourth-order valence-corrected chi connectivity index (χ4v) is 6.15. The van der Waals surface area contributed by atoms with Crippen LogP contribution in [-0.4, -0.2) is 71.1 Å². The highest BCUT2D eigenvalue weighted by Crippen LogP contribution is 2.40. The maximum atomic E-state index is 13.3. The Balaban J connectivity index is 1.49. The van der Waals surface area contributed by atoms with Gasteiger partial charge < -0.3 is 14.5 Å². The molecule has 0 bridgehead atoms. The van der Waals surface area contributed by atoms with E-state index in [-0.39, 0.29) is 35.5 Å². The number of piperazine rings is 1. The molecular formula is C26H40N4O3. The molecule has 182 valence electrons. The maximum Gasteiger partial charge on any atom is 0.415 e. The van der Waals surface area contributed by atoms with E-state index < -0.39 is 0 Å². The molecule has 1 saturated carbocycles. The van der Waals surface area contributed by atoms with E-state index in [1.54, 1.807) is 6.92 Å². The van der Waals surface area contributed by atoms with Crippen LogP contribution in [0.2, 0.25) is 0 Å². The van der Waals surface area contributed by atoms with Crippen LogP contribution in [0.5, 0.6) is 5.75 Å². The largest absolute Gasteiger partial charge is 0.415 e. The van der Waals surface area contributed by atoms with E-state index in [9.17, 15) is 9.59 Å². The topological polar surface area (TPSA) is 65.1 Å². The van der Waals surface area contributed by atoms with Crippen molar-refractivity contribution in [3.63, 3.8) is 0 Å². The highest BCUT2D eigenvalue weighted by Gasteiger charge is 2.48. The Kier molecular flexibility index (Phi) is 7.01. The second-order valence-corrected chi connectivity index (χ2v) is 11.4. The standard InChI is InChI=1S/C26H40N4O3/c1-18-15-29(25(32)33-22-9-7-6-8-10-22)24-13-20(11-12-23(24)30(18)19(2)31)21-14-27-28(16-21)17-26(3,4)5/h6-10,18,20-21,23-24,27H,11-17H2,1-5H3/t18-,20?,21?,23?,24?/m0/s1. The summed E-state index contributed by atoms with van der Waals surface area (Å²) in [5.74, 6) is 1.75. The van der Waals surface area contributed by atoms with Gasteiger partial charge in [-0.1, -0.05) is 39.0 Å². The molecule has 1 aliphatic carbocycles. The summed E-state index contributed by atoms with van der Waals surface area (Å²) in [7, 11) is 0. The Morgan fingerprint density at radius 3 is 2.45 bits per heavy atom. The smallest absolute Gasteiger partial charge is 0.410 e. The van der Waals surface area contributed by atoms with Crippen LogP contribution < -0.4 is 10.2 Å². The van der Waals surface area contributed by atoms with Gasteiger partial charge in [0.05, 0.1) is 12.1 Å². The number of hydrogen-bond donors (Lipinski definition) is 1. The zero-order chi connectivity index (χ0) is 23.8. The molecule has 0 radical (unpaired) electrons. The highest BCUT2D eigenvalue weighted by atomic mass is 16.6. The molecule has 2 saturated heterocycles. The molecule has 7 heteroatoms. The Morgan fingerprint density at radius 2 is 1.79 bits per heavy atom. The van der Waals surface area contributed by atoms with Crippen molar-refractivity contribution in [3.05, 3.63) is 30.3 Å². The second kappa shape index (κ2) is 9.63. The molecular weight excluding hydrogens is 416 g/mol. The summed E-state index contributed by atoms with van der Waals surface area (Å²) < 4.78 is 5.74. The van der Waals surface area contributed by atoms with Crippen LogP contribution in [0.15, 0.2) is 30.3 Å². The van der Waals surface area contributed by atoms with Crippen molar-refractivity contribution in [2.75, 3.05) is 26.2 Å². The van der Waals surface area contributed by atoms with Crippen molar-refractivity contribution in [1.29, 1.82) is 0 Å².